The Balaban J connectivity index is 2.05. The van der Waals surface area contributed by atoms with Crippen molar-refractivity contribution in [2.45, 2.75) is 78.9 Å². The van der Waals surface area contributed by atoms with E-state index in [4.69, 9.17) is 19.3 Å². The molecule has 2 aromatic rings. The minimum absolute atomic E-state index is 0.295. The third-order valence-electron chi connectivity index (χ3n) is 6.23. The number of aromatic nitrogens is 2. The Kier molecular flexibility index (Phi) is 8.49. The summed E-state index contributed by atoms with van der Waals surface area (Å²) < 4.78 is 32.1. The molecule has 3 amide bonds. The fourth-order valence-electron chi connectivity index (χ4n) is 4.52. The predicted octanol–water partition coefficient (Wildman–Crippen LogP) is 4.61. The fourth-order valence-corrected chi connectivity index (χ4v) is 4.52. The van der Waals surface area contributed by atoms with Crippen molar-refractivity contribution in [3.05, 3.63) is 40.3 Å². The molecule has 37 heavy (non-hydrogen) atoms. The summed E-state index contributed by atoms with van der Waals surface area (Å²) in [5, 5.41) is 10.5. The maximum absolute atomic E-state index is 14.4. The number of carbonyl (C=O) groups is 2. The molecule has 0 saturated heterocycles. The first-order valence-corrected chi connectivity index (χ1v) is 12.3. The number of nitrogens with one attached hydrogen (secondary N) is 2. The Morgan fingerprint density at radius 2 is 1.76 bits per heavy atom. The van der Waals surface area contributed by atoms with E-state index in [1.165, 1.54) is 14.2 Å². The van der Waals surface area contributed by atoms with E-state index in [1.807, 2.05) is 27.7 Å². The summed E-state index contributed by atoms with van der Waals surface area (Å²) in [6, 6.07) is 1.94. The third kappa shape index (κ3) is 6.22. The number of carbonyl (C=O) groups excluding carboxylic acids is 2. The highest BCUT2D eigenvalue weighted by Crippen LogP contribution is 2.37. The Hall–Kier alpha value is -3.18. The molecular weight excluding hydrogens is 481 g/mol. The number of nitrogens with zero attached hydrogens (tertiary/aromatic N) is 3. The molecule has 0 spiro atoms. The second-order valence-electron chi connectivity index (χ2n) is 10.3. The SMILES string of the molecule is COC(OC)C(C)NC(=O)Nc1c2c(nn1-c1cc(C)c(F)c(C)c1)CCN(C(=O)OC(C)(C)C)[C@H]2C. The van der Waals surface area contributed by atoms with Crippen molar-refractivity contribution >= 4 is 17.9 Å². The molecule has 0 radical (unpaired) electrons. The maximum atomic E-state index is 14.4. The summed E-state index contributed by atoms with van der Waals surface area (Å²) in [5.41, 5.74) is 2.28. The Bertz CT molecular complexity index is 1130. The number of ether oxygens (including phenoxy) is 3. The van der Waals surface area contributed by atoms with Crippen LogP contribution in [0.4, 0.5) is 19.8 Å². The summed E-state index contributed by atoms with van der Waals surface area (Å²) in [5.74, 6) is 0.0913. The summed E-state index contributed by atoms with van der Waals surface area (Å²) in [6.07, 6.45) is -0.625. The van der Waals surface area contributed by atoms with E-state index in [9.17, 15) is 14.0 Å². The number of aryl methyl sites for hydroxylation is 2. The summed E-state index contributed by atoms with van der Waals surface area (Å²) in [7, 11) is 2.98. The molecule has 2 N–H and O–H groups in total. The maximum Gasteiger partial charge on any atom is 0.410 e. The normalized spacial score (nSPS) is 16.4. The topological polar surface area (TPSA) is 107 Å². The zero-order valence-corrected chi connectivity index (χ0v) is 23.1. The molecule has 2 heterocycles. The molecule has 204 valence electrons. The number of anilines is 1. The lowest BCUT2D eigenvalue weighted by molar-refractivity contribution is -0.117. The Labute approximate surface area is 217 Å². The highest BCUT2D eigenvalue weighted by Gasteiger charge is 2.36. The predicted molar refractivity (Wildman–Crippen MR) is 137 cm³/mol. The molecule has 0 aliphatic carbocycles. The zero-order valence-electron chi connectivity index (χ0n) is 23.1. The number of hydrogen-bond donors (Lipinski definition) is 2. The largest absolute Gasteiger partial charge is 0.444 e. The van der Waals surface area contributed by atoms with Crippen molar-refractivity contribution in [1.82, 2.24) is 20.0 Å². The fraction of sp³-hybridized carbons (Fsp3) is 0.577. The second-order valence-corrected chi connectivity index (χ2v) is 10.3. The lowest BCUT2D eigenvalue weighted by Crippen LogP contribution is -2.45. The number of amides is 3. The van der Waals surface area contributed by atoms with E-state index in [0.717, 1.165) is 5.69 Å². The Morgan fingerprint density at radius 3 is 2.30 bits per heavy atom. The number of methoxy groups -OCH3 is 2. The molecule has 1 aromatic heterocycles. The van der Waals surface area contributed by atoms with Gasteiger partial charge in [-0.2, -0.15) is 5.10 Å². The van der Waals surface area contributed by atoms with Gasteiger partial charge >= 0.3 is 12.1 Å². The molecule has 0 fully saturated rings. The van der Waals surface area contributed by atoms with Crippen LogP contribution in [0.1, 0.15) is 63.0 Å². The van der Waals surface area contributed by atoms with Gasteiger partial charge in [-0.15, -0.1) is 0 Å². The summed E-state index contributed by atoms with van der Waals surface area (Å²) in [6.45, 7) is 12.8. The van der Waals surface area contributed by atoms with Crippen molar-refractivity contribution in [1.29, 1.82) is 0 Å². The summed E-state index contributed by atoms with van der Waals surface area (Å²) in [4.78, 5) is 27.7. The van der Waals surface area contributed by atoms with Crippen LogP contribution in [0.15, 0.2) is 12.1 Å². The van der Waals surface area contributed by atoms with Crippen molar-refractivity contribution in [3.63, 3.8) is 0 Å². The van der Waals surface area contributed by atoms with Crippen LogP contribution in [0.5, 0.6) is 0 Å². The van der Waals surface area contributed by atoms with Gasteiger partial charge in [0, 0.05) is 32.7 Å². The van der Waals surface area contributed by atoms with Gasteiger partial charge in [-0.1, -0.05) is 0 Å². The van der Waals surface area contributed by atoms with Gasteiger partial charge in [0.15, 0.2) is 6.29 Å². The smallest absolute Gasteiger partial charge is 0.410 e. The lowest BCUT2D eigenvalue weighted by Gasteiger charge is -2.35. The number of rotatable bonds is 6. The first-order valence-electron chi connectivity index (χ1n) is 12.3. The van der Waals surface area contributed by atoms with Crippen molar-refractivity contribution in [2.24, 2.45) is 0 Å². The quantitative estimate of drug-likeness (QED) is 0.540. The highest BCUT2D eigenvalue weighted by molar-refractivity contribution is 5.90. The van der Waals surface area contributed by atoms with Crippen LogP contribution in [0.2, 0.25) is 0 Å². The molecule has 1 aliphatic heterocycles. The zero-order chi connectivity index (χ0) is 27.7. The number of hydrogen-bond acceptors (Lipinski definition) is 6. The molecule has 2 atom stereocenters. The van der Waals surface area contributed by atoms with E-state index in [0.29, 0.717) is 41.2 Å². The molecule has 1 aromatic carbocycles. The van der Waals surface area contributed by atoms with Crippen LogP contribution in [-0.2, 0) is 20.6 Å². The van der Waals surface area contributed by atoms with Gasteiger partial charge in [0.2, 0.25) is 0 Å². The number of fused-ring (bicyclic) bond motifs is 1. The van der Waals surface area contributed by atoms with Crippen LogP contribution in [-0.4, -0.2) is 65.5 Å². The van der Waals surface area contributed by atoms with Crippen LogP contribution >= 0.6 is 0 Å². The van der Waals surface area contributed by atoms with Gasteiger partial charge in [-0.05, 0) is 71.7 Å². The number of halogens is 1. The van der Waals surface area contributed by atoms with Crippen molar-refractivity contribution in [3.8, 4) is 5.69 Å². The average Bonchev–Trinajstić information content (AvgIpc) is 3.15. The van der Waals surface area contributed by atoms with Gasteiger partial charge in [0.05, 0.1) is 23.5 Å². The van der Waals surface area contributed by atoms with Gasteiger partial charge in [0.1, 0.15) is 17.2 Å². The van der Waals surface area contributed by atoms with Crippen LogP contribution < -0.4 is 10.6 Å². The molecule has 3 rings (SSSR count). The van der Waals surface area contributed by atoms with Gasteiger partial charge in [-0.3, -0.25) is 5.32 Å². The van der Waals surface area contributed by atoms with E-state index in [2.05, 4.69) is 10.6 Å². The van der Waals surface area contributed by atoms with Crippen LogP contribution in [0.3, 0.4) is 0 Å². The molecule has 11 heteroatoms. The minimum Gasteiger partial charge on any atom is -0.444 e. The van der Waals surface area contributed by atoms with E-state index in [-0.39, 0.29) is 5.82 Å². The molecule has 0 saturated carbocycles. The van der Waals surface area contributed by atoms with Gasteiger partial charge in [0.25, 0.3) is 0 Å². The van der Waals surface area contributed by atoms with Crippen molar-refractivity contribution < 1.29 is 28.2 Å². The van der Waals surface area contributed by atoms with Gasteiger partial charge in [-0.25, -0.2) is 18.7 Å². The molecule has 1 unspecified atom stereocenters. The van der Waals surface area contributed by atoms with Crippen LogP contribution in [0, 0.1) is 19.7 Å². The molecule has 0 bridgehead atoms. The standard InChI is InChI=1S/C26H38FN5O5/c1-14-12-18(13-15(2)21(14)27)32-22(29-24(33)28-16(3)23(35-8)36-9)20-17(4)31(11-10-19(20)30-32)25(34)37-26(5,6)7/h12-13,16-17,23H,10-11H2,1-9H3,(H2,28,29,33)/t16?,17-/m0/s1. The third-order valence-corrected chi connectivity index (χ3v) is 6.23. The monoisotopic (exact) mass is 519 g/mol. The Morgan fingerprint density at radius 1 is 1.16 bits per heavy atom. The van der Waals surface area contributed by atoms with Crippen molar-refractivity contribution in [2.75, 3.05) is 26.1 Å². The first-order chi connectivity index (χ1) is 17.3. The number of benzene rings is 1. The van der Waals surface area contributed by atoms with Gasteiger partial charge < -0.3 is 24.4 Å². The molecule has 10 nitrogen and oxygen atoms in total. The highest BCUT2D eigenvalue weighted by atomic mass is 19.1. The van der Waals surface area contributed by atoms with E-state index < -0.39 is 36.1 Å². The van der Waals surface area contributed by atoms with E-state index in [1.54, 1.807) is 42.5 Å². The molecular formula is C26H38FN5O5. The average molecular weight is 520 g/mol. The number of urea groups is 1. The second kappa shape index (κ2) is 11.1. The molecule has 1 aliphatic rings. The summed E-state index contributed by atoms with van der Waals surface area (Å²) >= 11 is 0. The minimum atomic E-state index is -0.652. The lowest BCUT2D eigenvalue weighted by atomic mass is 10.00. The van der Waals surface area contributed by atoms with E-state index >= 15 is 0 Å². The first kappa shape index (κ1) is 28.4. The van der Waals surface area contributed by atoms with Crippen LogP contribution in [0.25, 0.3) is 5.69 Å².